The van der Waals surface area contributed by atoms with Crippen molar-refractivity contribution in [3.8, 4) is 0 Å². The highest BCUT2D eigenvalue weighted by Crippen LogP contribution is 2.20. The Bertz CT molecular complexity index is 623. The van der Waals surface area contributed by atoms with Gasteiger partial charge in [0.15, 0.2) is 0 Å². The van der Waals surface area contributed by atoms with Crippen LogP contribution in [0.2, 0.25) is 0 Å². The molecule has 0 aliphatic heterocycles. The molecule has 3 N–H and O–H groups in total. The van der Waals surface area contributed by atoms with Crippen LogP contribution in [0.3, 0.4) is 0 Å². The number of carbonyl (C=O) groups is 1. The number of aromatic nitrogens is 3. The molecule has 1 aromatic carbocycles. The Balaban J connectivity index is 2.02. The Labute approximate surface area is 119 Å². The SMILES string of the molecule is CC(NC(=O)Cn1cc(CN)nn1)c1c(F)cccc1F. The Hall–Kier alpha value is -2.35. The Morgan fingerprint density at radius 1 is 1.43 bits per heavy atom. The summed E-state index contributed by atoms with van der Waals surface area (Å²) >= 11 is 0. The molecule has 6 nitrogen and oxygen atoms in total. The number of benzene rings is 1. The summed E-state index contributed by atoms with van der Waals surface area (Å²) in [6.07, 6.45) is 1.54. The first-order valence-corrected chi connectivity index (χ1v) is 6.33. The van der Waals surface area contributed by atoms with Crippen LogP contribution >= 0.6 is 0 Å². The summed E-state index contributed by atoms with van der Waals surface area (Å²) < 4.78 is 28.5. The van der Waals surface area contributed by atoms with Crippen molar-refractivity contribution in [2.75, 3.05) is 0 Å². The highest BCUT2D eigenvalue weighted by atomic mass is 19.1. The molecule has 1 amide bonds. The van der Waals surface area contributed by atoms with Gasteiger partial charge in [0.2, 0.25) is 5.91 Å². The molecule has 1 unspecified atom stereocenters. The lowest BCUT2D eigenvalue weighted by Crippen LogP contribution is -2.31. The van der Waals surface area contributed by atoms with Gasteiger partial charge in [0.05, 0.1) is 17.9 Å². The zero-order valence-electron chi connectivity index (χ0n) is 11.4. The lowest BCUT2D eigenvalue weighted by molar-refractivity contribution is -0.122. The Morgan fingerprint density at radius 2 is 2.10 bits per heavy atom. The minimum atomic E-state index is -0.795. The van der Waals surface area contributed by atoms with Crippen molar-refractivity contribution in [2.45, 2.75) is 26.1 Å². The molecule has 0 aliphatic rings. The van der Waals surface area contributed by atoms with Crippen LogP contribution in [0.4, 0.5) is 8.78 Å². The fourth-order valence-electron chi connectivity index (χ4n) is 1.94. The van der Waals surface area contributed by atoms with E-state index in [4.69, 9.17) is 5.73 Å². The third-order valence-electron chi connectivity index (χ3n) is 2.91. The second kappa shape index (κ2) is 6.40. The Morgan fingerprint density at radius 3 is 2.67 bits per heavy atom. The van der Waals surface area contributed by atoms with Gasteiger partial charge in [-0.15, -0.1) is 5.10 Å². The monoisotopic (exact) mass is 295 g/mol. The first-order chi connectivity index (χ1) is 10.0. The van der Waals surface area contributed by atoms with Crippen LogP contribution in [0, 0.1) is 11.6 Å². The van der Waals surface area contributed by atoms with Crippen molar-refractivity contribution < 1.29 is 13.6 Å². The lowest BCUT2D eigenvalue weighted by atomic mass is 10.1. The predicted octanol–water partition coefficient (Wildman–Crippen LogP) is 0.892. The van der Waals surface area contributed by atoms with Crippen LogP contribution in [-0.4, -0.2) is 20.9 Å². The van der Waals surface area contributed by atoms with E-state index >= 15 is 0 Å². The maximum atomic E-state index is 13.6. The number of carbonyl (C=O) groups excluding carboxylic acids is 1. The molecule has 1 aromatic heterocycles. The van der Waals surface area contributed by atoms with Crippen LogP contribution in [0.15, 0.2) is 24.4 Å². The molecule has 2 aromatic rings. The van der Waals surface area contributed by atoms with Gasteiger partial charge in [-0.25, -0.2) is 13.5 Å². The van der Waals surface area contributed by atoms with Gasteiger partial charge in [-0.2, -0.15) is 0 Å². The number of amides is 1. The molecule has 0 saturated carbocycles. The van der Waals surface area contributed by atoms with Gasteiger partial charge in [-0.05, 0) is 19.1 Å². The van der Waals surface area contributed by atoms with Crippen molar-refractivity contribution in [1.82, 2.24) is 20.3 Å². The number of nitrogens with two attached hydrogens (primary N) is 1. The second-order valence-electron chi connectivity index (χ2n) is 4.54. The van der Waals surface area contributed by atoms with Gasteiger partial charge < -0.3 is 11.1 Å². The molecule has 2 rings (SSSR count). The molecule has 8 heteroatoms. The first-order valence-electron chi connectivity index (χ1n) is 6.33. The van der Waals surface area contributed by atoms with Crippen molar-refractivity contribution in [3.63, 3.8) is 0 Å². The molecule has 0 bridgehead atoms. The smallest absolute Gasteiger partial charge is 0.242 e. The molecular formula is C13H15F2N5O. The minimum Gasteiger partial charge on any atom is -0.348 e. The average Bonchev–Trinajstić information content (AvgIpc) is 2.85. The van der Waals surface area contributed by atoms with Crippen molar-refractivity contribution >= 4 is 5.91 Å². The van der Waals surface area contributed by atoms with Gasteiger partial charge in [0.1, 0.15) is 18.2 Å². The Kier molecular flexibility index (Phi) is 4.59. The van der Waals surface area contributed by atoms with E-state index in [0.29, 0.717) is 5.69 Å². The summed E-state index contributed by atoms with van der Waals surface area (Å²) in [7, 11) is 0. The molecule has 0 saturated heterocycles. The van der Waals surface area contributed by atoms with E-state index < -0.39 is 23.6 Å². The summed E-state index contributed by atoms with van der Waals surface area (Å²) in [5.41, 5.74) is 5.76. The molecule has 1 heterocycles. The standard InChI is InChI=1S/C13H15F2N5O/c1-8(13-10(14)3-2-4-11(13)15)17-12(21)7-20-6-9(5-16)18-19-20/h2-4,6,8H,5,7,16H2,1H3,(H,17,21). The minimum absolute atomic E-state index is 0.104. The molecule has 0 aliphatic carbocycles. The van der Waals surface area contributed by atoms with Crippen LogP contribution in [0.1, 0.15) is 24.2 Å². The molecule has 0 fully saturated rings. The van der Waals surface area contributed by atoms with Crippen LogP contribution in [-0.2, 0) is 17.9 Å². The zero-order chi connectivity index (χ0) is 15.4. The number of hydrogen-bond acceptors (Lipinski definition) is 4. The van der Waals surface area contributed by atoms with E-state index in [0.717, 1.165) is 12.1 Å². The van der Waals surface area contributed by atoms with E-state index in [2.05, 4.69) is 15.6 Å². The molecule has 21 heavy (non-hydrogen) atoms. The molecule has 0 spiro atoms. The highest BCUT2D eigenvalue weighted by Gasteiger charge is 2.18. The highest BCUT2D eigenvalue weighted by molar-refractivity contribution is 5.76. The predicted molar refractivity (Wildman–Crippen MR) is 70.8 cm³/mol. The van der Waals surface area contributed by atoms with E-state index in [9.17, 15) is 13.6 Å². The maximum Gasteiger partial charge on any atom is 0.242 e. The van der Waals surface area contributed by atoms with Crippen molar-refractivity contribution in [3.05, 3.63) is 47.3 Å². The fourth-order valence-corrected chi connectivity index (χ4v) is 1.94. The van der Waals surface area contributed by atoms with Gasteiger partial charge in [0.25, 0.3) is 0 Å². The fraction of sp³-hybridized carbons (Fsp3) is 0.308. The first kappa shape index (κ1) is 15.0. The van der Waals surface area contributed by atoms with Crippen molar-refractivity contribution in [1.29, 1.82) is 0 Å². The molecule has 1 atom stereocenters. The number of rotatable bonds is 5. The third-order valence-corrected chi connectivity index (χ3v) is 2.91. The van der Waals surface area contributed by atoms with Crippen LogP contribution in [0.5, 0.6) is 0 Å². The maximum absolute atomic E-state index is 13.6. The number of halogens is 2. The third kappa shape index (κ3) is 3.60. The average molecular weight is 295 g/mol. The summed E-state index contributed by atoms with van der Waals surface area (Å²) in [6.45, 7) is 1.62. The number of nitrogens with zero attached hydrogens (tertiary/aromatic N) is 3. The number of nitrogens with one attached hydrogen (secondary N) is 1. The van der Waals surface area contributed by atoms with E-state index in [-0.39, 0.29) is 18.7 Å². The second-order valence-corrected chi connectivity index (χ2v) is 4.54. The van der Waals surface area contributed by atoms with Gasteiger partial charge in [-0.3, -0.25) is 4.79 Å². The van der Waals surface area contributed by atoms with Crippen LogP contribution in [0.25, 0.3) is 0 Å². The topological polar surface area (TPSA) is 85.8 Å². The quantitative estimate of drug-likeness (QED) is 0.858. The van der Waals surface area contributed by atoms with Gasteiger partial charge >= 0.3 is 0 Å². The largest absolute Gasteiger partial charge is 0.348 e. The number of hydrogen-bond donors (Lipinski definition) is 2. The zero-order valence-corrected chi connectivity index (χ0v) is 11.4. The van der Waals surface area contributed by atoms with E-state index in [1.807, 2.05) is 0 Å². The van der Waals surface area contributed by atoms with E-state index in [1.54, 1.807) is 0 Å². The van der Waals surface area contributed by atoms with Gasteiger partial charge in [0, 0.05) is 12.1 Å². The summed E-state index contributed by atoms with van der Waals surface area (Å²) in [5, 5.41) is 9.98. The normalized spacial score (nSPS) is 12.2. The molecule has 0 radical (unpaired) electrons. The molecular weight excluding hydrogens is 280 g/mol. The van der Waals surface area contributed by atoms with Crippen molar-refractivity contribution in [2.24, 2.45) is 5.73 Å². The lowest BCUT2D eigenvalue weighted by Gasteiger charge is -2.15. The van der Waals surface area contributed by atoms with Gasteiger partial charge in [-0.1, -0.05) is 11.3 Å². The molecule has 112 valence electrons. The summed E-state index contributed by atoms with van der Waals surface area (Å²) in [6, 6.07) is 2.76. The van der Waals surface area contributed by atoms with Crippen LogP contribution < -0.4 is 11.1 Å². The van der Waals surface area contributed by atoms with E-state index in [1.165, 1.54) is 23.9 Å². The summed E-state index contributed by atoms with van der Waals surface area (Å²) in [5.74, 6) is -1.83. The summed E-state index contributed by atoms with van der Waals surface area (Å²) in [4.78, 5) is 11.8.